The predicted octanol–water partition coefficient (Wildman–Crippen LogP) is 3.08. The van der Waals surface area contributed by atoms with Crippen LogP contribution in [0.25, 0.3) is 10.8 Å². The summed E-state index contributed by atoms with van der Waals surface area (Å²) in [5, 5.41) is 3.28. The van der Waals surface area contributed by atoms with E-state index in [2.05, 4.69) is 37.9 Å². The highest BCUT2D eigenvalue weighted by atomic mass is 79.9. The number of hydrogen-bond donors (Lipinski definition) is 0. The Morgan fingerprint density at radius 1 is 1.22 bits per heavy atom. The number of aromatic nitrogens is 1. The summed E-state index contributed by atoms with van der Waals surface area (Å²) >= 11 is 3.34. The van der Waals surface area contributed by atoms with Gasteiger partial charge in [-0.1, -0.05) is 40.2 Å². The quantitative estimate of drug-likeness (QED) is 0.606. The van der Waals surface area contributed by atoms with Gasteiger partial charge in [0.1, 0.15) is 5.82 Å². The zero-order chi connectivity index (χ0) is 12.8. The minimum atomic E-state index is 0.715. The van der Waals surface area contributed by atoms with Gasteiger partial charge >= 0.3 is 0 Å². The van der Waals surface area contributed by atoms with Gasteiger partial charge in [-0.3, -0.25) is 0 Å². The zero-order valence-electron chi connectivity index (χ0n) is 10.5. The van der Waals surface area contributed by atoms with E-state index in [1.807, 2.05) is 31.4 Å². The molecule has 0 aliphatic rings. The number of nitrogens with zero attached hydrogens (tertiary/aromatic N) is 2. The third kappa shape index (κ3) is 3.21. The lowest BCUT2D eigenvalue weighted by Crippen LogP contribution is -2.24. The SMILES string of the molecule is CN(CCOCCBr)c1nccc2ccccc12. The van der Waals surface area contributed by atoms with Crippen LogP contribution in [0.5, 0.6) is 0 Å². The van der Waals surface area contributed by atoms with Crippen LogP contribution < -0.4 is 4.90 Å². The van der Waals surface area contributed by atoms with Crippen molar-refractivity contribution in [2.24, 2.45) is 0 Å². The second-order valence-electron chi connectivity index (χ2n) is 4.08. The summed E-state index contributed by atoms with van der Waals surface area (Å²) in [4.78, 5) is 6.60. The average Bonchev–Trinajstić information content (AvgIpc) is 2.43. The maximum atomic E-state index is 5.47. The van der Waals surface area contributed by atoms with Gasteiger partial charge in [-0.05, 0) is 11.5 Å². The molecular weight excluding hydrogens is 292 g/mol. The molecule has 0 fully saturated rings. The summed E-state index contributed by atoms with van der Waals surface area (Å²) in [5.74, 6) is 1.01. The first-order valence-corrected chi connectivity index (χ1v) is 7.13. The molecule has 0 amide bonds. The van der Waals surface area contributed by atoms with Gasteiger partial charge in [0, 0.05) is 30.5 Å². The van der Waals surface area contributed by atoms with Gasteiger partial charge in [0.25, 0.3) is 0 Å². The standard InChI is InChI=1S/C14H17BrN2O/c1-17(9-11-18-10-7-15)14-13-5-3-2-4-12(13)6-8-16-14/h2-6,8H,7,9-11H2,1H3. The van der Waals surface area contributed by atoms with Crippen molar-refractivity contribution in [3.05, 3.63) is 36.5 Å². The molecule has 0 N–H and O–H groups in total. The third-order valence-corrected chi connectivity index (χ3v) is 3.13. The minimum absolute atomic E-state index is 0.715. The number of rotatable bonds is 6. The Kier molecular flexibility index (Phi) is 4.96. The van der Waals surface area contributed by atoms with Crippen molar-refractivity contribution in [3.8, 4) is 0 Å². The molecule has 96 valence electrons. The van der Waals surface area contributed by atoms with E-state index in [0.29, 0.717) is 6.61 Å². The molecule has 1 heterocycles. The molecule has 2 aromatic rings. The molecular formula is C14H17BrN2O. The van der Waals surface area contributed by atoms with Gasteiger partial charge in [0.05, 0.1) is 13.2 Å². The fraction of sp³-hybridized carbons (Fsp3) is 0.357. The number of anilines is 1. The van der Waals surface area contributed by atoms with Gasteiger partial charge < -0.3 is 9.64 Å². The predicted molar refractivity (Wildman–Crippen MR) is 79.6 cm³/mol. The Balaban J connectivity index is 2.10. The van der Waals surface area contributed by atoms with Crippen LogP contribution in [-0.2, 0) is 4.74 Å². The lowest BCUT2D eigenvalue weighted by Gasteiger charge is -2.19. The molecule has 1 aromatic heterocycles. The monoisotopic (exact) mass is 308 g/mol. The first-order valence-electron chi connectivity index (χ1n) is 6.01. The summed E-state index contributed by atoms with van der Waals surface area (Å²) in [6.45, 7) is 2.30. The van der Waals surface area contributed by atoms with Crippen molar-refractivity contribution in [2.45, 2.75) is 0 Å². The van der Waals surface area contributed by atoms with Crippen molar-refractivity contribution in [3.63, 3.8) is 0 Å². The Morgan fingerprint density at radius 2 is 2.06 bits per heavy atom. The lowest BCUT2D eigenvalue weighted by atomic mass is 10.1. The lowest BCUT2D eigenvalue weighted by molar-refractivity contribution is 0.158. The topological polar surface area (TPSA) is 25.4 Å². The van der Waals surface area contributed by atoms with Gasteiger partial charge in [0.15, 0.2) is 0 Å². The van der Waals surface area contributed by atoms with E-state index in [4.69, 9.17) is 4.74 Å². The number of pyridine rings is 1. The van der Waals surface area contributed by atoms with Gasteiger partial charge in [0.2, 0.25) is 0 Å². The Hall–Kier alpha value is -1.13. The Bertz CT molecular complexity index is 499. The van der Waals surface area contributed by atoms with E-state index >= 15 is 0 Å². The van der Waals surface area contributed by atoms with Crippen LogP contribution in [0, 0.1) is 0 Å². The Labute approximate surface area is 116 Å². The Morgan fingerprint density at radius 3 is 2.89 bits per heavy atom. The maximum absolute atomic E-state index is 5.47. The minimum Gasteiger partial charge on any atom is -0.379 e. The average molecular weight is 309 g/mol. The van der Waals surface area contributed by atoms with Crippen molar-refractivity contribution in [2.75, 3.05) is 37.0 Å². The molecule has 0 aliphatic heterocycles. The summed E-state index contributed by atoms with van der Waals surface area (Å²) in [6.07, 6.45) is 1.85. The largest absolute Gasteiger partial charge is 0.379 e. The number of alkyl halides is 1. The van der Waals surface area contributed by atoms with Crippen molar-refractivity contribution >= 4 is 32.5 Å². The van der Waals surface area contributed by atoms with E-state index in [-0.39, 0.29) is 0 Å². The second-order valence-corrected chi connectivity index (χ2v) is 4.87. The molecule has 0 unspecified atom stereocenters. The molecule has 0 bridgehead atoms. The number of ether oxygens (including phenoxy) is 1. The van der Waals surface area contributed by atoms with E-state index in [1.165, 1.54) is 10.8 Å². The van der Waals surface area contributed by atoms with Crippen molar-refractivity contribution < 1.29 is 4.74 Å². The molecule has 0 atom stereocenters. The van der Waals surface area contributed by atoms with E-state index in [1.54, 1.807) is 0 Å². The smallest absolute Gasteiger partial charge is 0.136 e. The second kappa shape index (κ2) is 6.71. The fourth-order valence-corrected chi connectivity index (χ4v) is 2.10. The van der Waals surface area contributed by atoms with E-state index in [0.717, 1.165) is 24.3 Å². The highest BCUT2D eigenvalue weighted by Crippen LogP contribution is 2.22. The van der Waals surface area contributed by atoms with Crippen LogP contribution in [0.1, 0.15) is 0 Å². The highest BCUT2D eigenvalue weighted by molar-refractivity contribution is 9.09. The summed E-state index contributed by atoms with van der Waals surface area (Å²) in [7, 11) is 2.05. The molecule has 0 radical (unpaired) electrons. The van der Waals surface area contributed by atoms with E-state index < -0.39 is 0 Å². The van der Waals surface area contributed by atoms with E-state index in [9.17, 15) is 0 Å². The summed E-state index contributed by atoms with van der Waals surface area (Å²) in [6, 6.07) is 10.3. The first-order chi connectivity index (χ1) is 8.83. The van der Waals surface area contributed by atoms with Crippen LogP contribution in [-0.4, -0.2) is 37.1 Å². The fourth-order valence-electron chi connectivity index (χ4n) is 1.87. The van der Waals surface area contributed by atoms with Crippen LogP contribution in [0.3, 0.4) is 0 Å². The molecule has 0 spiro atoms. The molecule has 0 aliphatic carbocycles. The van der Waals surface area contributed by atoms with Crippen LogP contribution in [0.2, 0.25) is 0 Å². The van der Waals surface area contributed by atoms with Gasteiger partial charge in [-0.25, -0.2) is 4.98 Å². The first kappa shape index (κ1) is 13.3. The van der Waals surface area contributed by atoms with Crippen molar-refractivity contribution in [1.82, 2.24) is 4.98 Å². The van der Waals surface area contributed by atoms with Crippen LogP contribution >= 0.6 is 15.9 Å². The number of hydrogen-bond acceptors (Lipinski definition) is 3. The maximum Gasteiger partial charge on any atom is 0.136 e. The molecule has 18 heavy (non-hydrogen) atoms. The molecule has 3 nitrogen and oxygen atoms in total. The molecule has 0 saturated carbocycles. The number of likely N-dealkylation sites (N-methyl/N-ethyl adjacent to an activating group) is 1. The molecule has 0 saturated heterocycles. The molecule has 2 rings (SSSR count). The summed E-state index contributed by atoms with van der Waals surface area (Å²) < 4.78 is 5.47. The van der Waals surface area contributed by atoms with Crippen molar-refractivity contribution in [1.29, 1.82) is 0 Å². The molecule has 4 heteroatoms. The zero-order valence-corrected chi connectivity index (χ0v) is 12.1. The number of fused-ring (bicyclic) bond motifs is 1. The normalized spacial score (nSPS) is 10.8. The summed E-state index contributed by atoms with van der Waals surface area (Å²) in [5.41, 5.74) is 0. The number of benzene rings is 1. The highest BCUT2D eigenvalue weighted by Gasteiger charge is 2.06. The van der Waals surface area contributed by atoms with Crippen LogP contribution in [0.15, 0.2) is 36.5 Å². The van der Waals surface area contributed by atoms with Crippen LogP contribution in [0.4, 0.5) is 5.82 Å². The van der Waals surface area contributed by atoms with Gasteiger partial charge in [-0.15, -0.1) is 0 Å². The molecule has 1 aromatic carbocycles. The van der Waals surface area contributed by atoms with Gasteiger partial charge in [-0.2, -0.15) is 0 Å². The number of halogens is 1. The third-order valence-electron chi connectivity index (χ3n) is 2.81.